The minimum absolute atomic E-state index is 0.148. The Hall–Kier alpha value is -1.25. The van der Waals surface area contributed by atoms with Gasteiger partial charge in [-0.3, -0.25) is 4.98 Å². The Bertz CT molecular complexity index is 490. The van der Waals surface area contributed by atoms with Crippen LogP contribution in [0.4, 0.5) is 22.0 Å². The molecule has 0 aromatic carbocycles. The molecular formula is C10H7BrF5NO2. The van der Waals surface area contributed by atoms with E-state index in [0.717, 1.165) is 0 Å². The summed E-state index contributed by atoms with van der Waals surface area (Å²) >= 11 is 2.42. The first kappa shape index (κ1) is 15.8. The van der Waals surface area contributed by atoms with Crippen LogP contribution in [0.2, 0.25) is 0 Å². The standard InChI is InChI=1S/C10H7BrF5NO2/c1-2-19-9(18)4-3-17-7(8(12)13)6(11)5(4)10(14,15)16/h3,8H,2H2,1H3. The van der Waals surface area contributed by atoms with Crippen LogP contribution in [0.1, 0.15) is 35.0 Å². The third kappa shape index (κ3) is 3.40. The topological polar surface area (TPSA) is 39.2 Å². The van der Waals surface area contributed by atoms with E-state index < -0.39 is 39.9 Å². The van der Waals surface area contributed by atoms with Crippen LogP contribution in [0.3, 0.4) is 0 Å². The third-order valence-corrected chi connectivity index (χ3v) is 2.83. The number of aromatic nitrogens is 1. The van der Waals surface area contributed by atoms with Gasteiger partial charge in [-0.25, -0.2) is 13.6 Å². The Balaban J connectivity index is 3.49. The Kier molecular flexibility index (Phi) is 4.83. The first-order valence-electron chi connectivity index (χ1n) is 4.91. The van der Waals surface area contributed by atoms with Crippen LogP contribution in [-0.2, 0) is 10.9 Å². The zero-order valence-corrected chi connectivity index (χ0v) is 11.0. The van der Waals surface area contributed by atoms with Crippen molar-refractivity contribution in [3.8, 4) is 0 Å². The van der Waals surface area contributed by atoms with E-state index in [4.69, 9.17) is 0 Å². The highest BCUT2D eigenvalue weighted by Crippen LogP contribution is 2.40. The van der Waals surface area contributed by atoms with Gasteiger partial charge >= 0.3 is 12.1 Å². The van der Waals surface area contributed by atoms with E-state index in [-0.39, 0.29) is 6.61 Å². The molecule has 1 heterocycles. The Labute approximate surface area is 112 Å². The number of hydrogen-bond donors (Lipinski definition) is 0. The normalized spacial score (nSPS) is 11.8. The molecule has 1 aromatic rings. The largest absolute Gasteiger partial charge is 0.462 e. The van der Waals surface area contributed by atoms with Gasteiger partial charge in [0, 0.05) is 6.20 Å². The van der Waals surface area contributed by atoms with Crippen molar-refractivity contribution in [2.75, 3.05) is 6.61 Å². The zero-order chi connectivity index (χ0) is 14.8. The average Bonchev–Trinajstić information content (AvgIpc) is 2.26. The smallest absolute Gasteiger partial charge is 0.418 e. The fraction of sp³-hybridized carbons (Fsp3) is 0.400. The van der Waals surface area contributed by atoms with Gasteiger partial charge in [-0.05, 0) is 22.9 Å². The van der Waals surface area contributed by atoms with Crippen molar-refractivity contribution in [3.05, 3.63) is 27.5 Å². The van der Waals surface area contributed by atoms with Gasteiger partial charge in [0.2, 0.25) is 0 Å². The van der Waals surface area contributed by atoms with Crippen LogP contribution in [0.15, 0.2) is 10.7 Å². The number of nitrogens with zero attached hydrogens (tertiary/aromatic N) is 1. The lowest BCUT2D eigenvalue weighted by molar-refractivity contribution is -0.139. The molecule has 0 bridgehead atoms. The lowest BCUT2D eigenvalue weighted by Crippen LogP contribution is -2.18. The van der Waals surface area contributed by atoms with Crippen molar-refractivity contribution in [1.82, 2.24) is 4.98 Å². The third-order valence-electron chi connectivity index (χ3n) is 2.03. The summed E-state index contributed by atoms with van der Waals surface area (Å²) in [6.07, 6.45) is -7.76. The Morgan fingerprint density at radius 2 is 2.05 bits per heavy atom. The van der Waals surface area contributed by atoms with Crippen LogP contribution in [0, 0.1) is 0 Å². The minimum Gasteiger partial charge on any atom is -0.462 e. The first-order valence-corrected chi connectivity index (χ1v) is 5.70. The van der Waals surface area contributed by atoms with Crippen molar-refractivity contribution in [3.63, 3.8) is 0 Å². The molecule has 19 heavy (non-hydrogen) atoms. The van der Waals surface area contributed by atoms with Crippen LogP contribution in [-0.4, -0.2) is 17.6 Å². The van der Waals surface area contributed by atoms with E-state index in [0.29, 0.717) is 6.20 Å². The molecule has 0 saturated heterocycles. The molecule has 1 rings (SSSR count). The first-order chi connectivity index (χ1) is 8.70. The summed E-state index contributed by atoms with van der Waals surface area (Å²) < 4.78 is 67.0. The Morgan fingerprint density at radius 1 is 1.47 bits per heavy atom. The van der Waals surface area contributed by atoms with Crippen molar-refractivity contribution in [2.45, 2.75) is 19.5 Å². The summed E-state index contributed by atoms with van der Waals surface area (Å²) in [5, 5.41) is 0. The number of carbonyl (C=O) groups is 1. The molecule has 0 atom stereocenters. The highest BCUT2D eigenvalue weighted by molar-refractivity contribution is 9.10. The number of rotatable bonds is 3. The number of pyridine rings is 1. The number of alkyl halides is 5. The Morgan fingerprint density at radius 3 is 2.47 bits per heavy atom. The highest BCUT2D eigenvalue weighted by Gasteiger charge is 2.40. The molecular weight excluding hydrogens is 341 g/mol. The quantitative estimate of drug-likeness (QED) is 0.613. The van der Waals surface area contributed by atoms with Crippen LogP contribution in [0.25, 0.3) is 0 Å². The maximum atomic E-state index is 12.8. The number of halogens is 6. The second-order valence-corrected chi connectivity index (χ2v) is 4.06. The van der Waals surface area contributed by atoms with Gasteiger partial charge in [0.05, 0.1) is 22.2 Å². The lowest BCUT2D eigenvalue weighted by atomic mass is 10.1. The van der Waals surface area contributed by atoms with E-state index in [1.807, 2.05) is 0 Å². The fourth-order valence-corrected chi connectivity index (χ4v) is 2.01. The molecule has 0 saturated carbocycles. The van der Waals surface area contributed by atoms with Gasteiger partial charge in [0.1, 0.15) is 5.69 Å². The maximum Gasteiger partial charge on any atom is 0.418 e. The molecule has 0 amide bonds. The van der Waals surface area contributed by atoms with Crippen LogP contribution < -0.4 is 0 Å². The van der Waals surface area contributed by atoms with E-state index in [1.165, 1.54) is 6.92 Å². The summed E-state index contributed by atoms with van der Waals surface area (Å²) in [4.78, 5) is 14.5. The van der Waals surface area contributed by atoms with Gasteiger partial charge in [-0.2, -0.15) is 13.2 Å². The summed E-state index contributed by atoms with van der Waals surface area (Å²) in [6.45, 7) is 1.26. The van der Waals surface area contributed by atoms with Gasteiger partial charge < -0.3 is 4.74 Å². The summed E-state index contributed by atoms with van der Waals surface area (Å²) in [5.74, 6) is -1.27. The monoisotopic (exact) mass is 347 g/mol. The predicted molar refractivity (Wildman–Crippen MR) is 57.9 cm³/mol. The van der Waals surface area contributed by atoms with Crippen LogP contribution in [0.5, 0.6) is 0 Å². The van der Waals surface area contributed by atoms with E-state index in [2.05, 4.69) is 25.7 Å². The number of ether oxygens (including phenoxy) is 1. The molecule has 1 aromatic heterocycles. The van der Waals surface area contributed by atoms with Crippen molar-refractivity contribution >= 4 is 21.9 Å². The average molecular weight is 348 g/mol. The zero-order valence-electron chi connectivity index (χ0n) is 9.39. The fourth-order valence-electron chi connectivity index (χ4n) is 1.29. The lowest BCUT2D eigenvalue weighted by Gasteiger charge is -2.15. The second kappa shape index (κ2) is 5.81. The van der Waals surface area contributed by atoms with Crippen molar-refractivity contribution in [1.29, 1.82) is 0 Å². The van der Waals surface area contributed by atoms with E-state index in [1.54, 1.807) is 0 Å². The summed E-state index contributed by atoms with van der Waals surface area (Å²) in [6, 6.07) is 0. The highest BCUT2D eigenvalue weighted by atomic mass is 79.9. The molecule has 0 spiro atoms. The van der Waals surface area contributed by atoms with Gasteiger partial charge in [-0.15, -0.1) is 0 Å². The number of hydrogen-bond acceptors (Lipinski definition) is 3. The van der Waals surface area contributed by atoms with Crippen LogP contribution >= 0.6 is 15.9 Å². The molecule has 0 N–H and O–H groups in total. The van der Waals surface area contributed by atoms with E-state index in [9.17, 15) is 26.7 Å². The molecule has 0 aliphatic heterocycles. The molecule has 0 aliphatic carbocycles. The molecule has 0 unspecified atom stereocenters. The molecule has 106 valence electrons. The molecule has 0 fully saturated rings. The summed E-state index contributed by atoms with van der Waals surface area (Å²) in [7, 11) is 0. The van der Waals surface area contributed by atoms with E-state index >= 15 is 0 Å². The number of carbonyl (C=O) groups excluding carboxylic acids is 1. The summed E-state index contributed by atoms with van der Waals surface area (Å²) in [5.41, 5.74) is -3.51. The molecule has 0 radical (unpaired) electrons. The molecule has 3 nitrogen and oxygen atoms in total. The molecule has 9 heteroatoms. The SMILES string of the molecule is CCOC(=O)c1cnc(C(F)F)c(Br)c1C(F)(F)F. The van der Waals surface area contributed by atoms with Gasteiger partial charge in [-0.1, -0.05) is 0 Å². The number of esters is 1. The van der Waals surface area contributed by atoms with Crippen molar-refractivity contribution in [2.24, 2.45) is 0 Å². The predicted octanol–water partition coefficient (Wildman–Crippen LogP) is 3.98. The van der Waals surface area contributed by atoms with Crippen molar-refractivity contribution < 1.29 is 31.5 Å². The van der Waals surface area contributed by atoms with Gasteiger partial charge in [0.25, 0.3) is 6.43 Å². The molecule has 0 aliphatic rings. The minimum atomic E-state index is -4.99. The second-order valence-electron chi connectivity index (χ2n) is 3.27. The maximum absolute atomic E-state index is 12.8. The van der Waals surface area contributed by atoms with Gasteiger partial charge in [0.15, 0.2) is 0 Å².